The Labute approximate surface area is 148 Å². The molecule has 0 radical (unpaired) electrons. The first kappa shape index (κ1) is 17.4. The smallest absolute Gasteiger partial charge is 0.233 e. The van der Waals surface area contributed by atoms with Crippen molar-refractivity contribution in [2.45, 2.75) is 39.5 Å². The van der Waals surface area contributed by atoms with Crippen LogP contribution in [0.15, 0.2) is 30.4 Å². The summed E-state index contributed by atoms with van der Waals surface area (Å²) in [5.41, 5.74) is 3.08. The van der Waals surface area contributed by atoms with Crippen molar-refractivity contribution in [2.24, 2.45) is 11.8 Å². The molecule has 1 aliphatic carbocycles. The molecule has 2 atom stereocenters. The molecule has 1 fully saturated rings. The van der Waals surface area contributed by atoms with Crippen LogP contribution in [0, 0.1) is 25.7 Å². The quantitative estimate of drug-likeness (QED) is 0.662. The normalized spacial score (nSPS) is 22.2. The third kappa shape index (κ3) is 3.65. The molecular formula is C20H24N2O3. The fourth-order valence-corrected chi connectivity index (χ4v) is 3.53. The van der Waals surface area contributed by atoms with Gasteiger partial charge >= 0.3 is 0 Å². The number of aryl methyl sites for hydroxylation is 2. The van der Waals surface area contributed by atoms with Gasteiger partial charge in [-0.25, -0.2) is 0 Å². The number of benzene rings is 1. The number of imide groups is 1. The first-order valence-corrected chi connectivity index (χ1v) is 8.84. The Kier molecular flexibility index (Phi) is 5.02. The van der Waals surface area contributed by atoms with Gasteiger partial charge in [0.2, 0.25) is 17.7 Å². The number of rotatable bonds is 5. The summed E-state index contributed by atoms with van der Waals surface area (Å²) >= 11 is 0. The highest BCUT2D eigenvalue weighted by Crippen LogP contribution is 2.35. The minimum atomic E-state index is -0.193. The van der Waals surface area contributed by atoms with Gasteiger partial charge in [-0.05, 0) is 56.4 Å². The number of likely N-dealkylation sites (tertiary alicyclic amines) is 1. The molecule has 1 heterocycles. The zero-order valence-corrected chi connectivity index (χ0v) is 14.7. The number of nitrogens with zero attached hydrogens (tertiary/aromatic N) is 1. The third-order valence-electron chi connectivity index (χ3n) is 5.18. The largest absolute Gasteiger partial charge is 0.326 e. The summed E-state index contributed by atoms with van der Waals surface area (Å²) in [7, 11) is 0. The second-order valence-electron chi connectivity index (χ2n) is 6.93. The van der Waals surface area contributed by atoms with E-state index in [1.807, 2.05) is 44.2 Å². The Hall–Kier alpha value is -2.43. The molecule has 0 saturated carbocycles. The van der Waals surface area contributed by atoms with Crippen LogP contribution in [0.1, 0.15) is 36.8 Å². The molecule has 25 heavy (non-hydrogen) atoms. The molecular weight excluding hydrogens is 316 g/mol. The van der Waals surface area contributed by atoms with Crippen molar-refractivity contribution in [1.82, 2.24) is 4.90 Å². The molecule has 3 rings (SSSR count). The van der Waals surface area contributed by atoms with Crippen molar-refractivity contribution >= 4 is 23.4 Å². The Morgan fingerprint density at radius 1 is 1.08 bits per heavy atom. The number of hydrogen-bond acceptors (Lipinski definition) is 3. The number of nitrogens with one attached hydrogen (secondary N) is 1. The summed E-state index contributed by atoms with van der Waals surface area (Å²) in [4.78, 5) is 38.2. The lowest BCUT2D eigenvalue weighted by molar-refractivity contribution is -0.140. The van der Waals surface area contributed by atoms with Gasteiger partial charge in [0.15, 0.2) is 0 Å². The van der Waals surface area contributed by atoms with E-state index in [9.17, 15) is 14.4 Å². The van der Waals surface area contributed by atoms with Gasteiger partial charge in [0.05, 0.1) is 11.8 Å². The van der Waals surface area contributed by atoms with E-state index in [1.165, 1.54) is 10.5 Å². The highest BCUT2D eigenvalue weighted by Gasteiger charge is 2.46. The molecule has 1 saturated heterocycles. The van der Waals surface area contributed by atoms with Crippen LogP contribution in [-0.4, -0.2) is 29.2 Å². The average Bonchev–Trinajstić information content (AvgIpc) is 2.83. The predicted molar refractivity (Wildman–Crippen MR) is 95.9 cm³/mol. The standard InChI is InChI=1S/C20H24N2O3/c1-13-9-10-15(12-14(13)2)21-18(23)8-5-11-22-19(24)16-6-3-4-7-17(16)20(22)25/h3-4,9-10,12,16-17H,5-8,11H2,1-2H3,(H,21,23)/t16-,17-/m0/s1. The lowest BCUT2D eigenvalue weighted by atomic mass is 9.85. The summed E-state index contributed by atoms with van der Waals surface area (Å²) in [5.74, 6) is -0.631. The fourth-order valence-electron chi connectivity index (χ4n) is 3.53. The van der Waals surface area contributed by atoms with Crippen molar-refractivity contribution in [3.8, 4) is 0 Å². The van der Waals surface area contributed by atoms with Crippen LogP contribution in [0.4, 0.5) is 5.69 Å². The maximum Gasteiger partial charge on any atom is 0.233 e. The Bertz CT molecular complexity index is 712. The van der Waals surface area contributed by atoms with Crippen LogP contribution in [0.25, 0.3) is 0 Å². The average molecular weight is 340 g/mol. The maximum atomic E-state index is 12.4. The lowest BCUT2D eigenvalue weighted by Gasteiger charge is -2.14. The molecule has 1 aromatic carbocycles. The summed E-state index contributed by atoms with van der Waals surface area (Å²) in [6.07, 6.45) is 6.04. The third-order valence-corrected chi connectivity index (χ3v) is 5.18. The van der Waals surface area contributed by atoms with E-state index in [-0.39, 0.29) is 36.0 Å². The summed E-state index contributed by atoms with van der Waals surface area (Å²) in [6.45, 7) is 4.35. The Balaban J connectivity index is 1.49. The molecule has 0 unspecified atom stereocenters. The molecule has 0 aromatic heterocycles. The van der Waals surface area contributed by atoms with Crippen LogP contribution in [0.5, 0.6) is 0 Å². The maximum absolute atomic E-state index is 12.4. The molecule has 1 N–H and O–H groups in total. The molecule has 2 aliphatic rings. The van der Waals surface area contributed by atoms with Crippen molar-refractivity contribution in [3.63, 3.8) is 0 Å². The first-order valence-electron chi connectivity index (χ1n) is 8.84. The van der Waals surface area contributed by atoms with Crippen molar-refractivity contribution in [2.75, 3.05) is 11.9 Å². The van der Waals surface area contributed by atoms with E-state index in [1.54, 1.807) is 0 Å². The van der Waals surface area contributed by atoms with E-state index in [0.717, 1.165) is 11.3 Å². The van der Waals surface area contributed by atoms with Crippen LogP contribution in [-0.2, 0) is 14.4 Å². The summed E-state index contributed by atoms with van der Waals surface area (Å²) < 4.78 is 0. The number of carbonyl (C=O) groups excluding carboxylic acids is 3. The Morgan fingerprint density at radius 2 is 1.72 bits per heavy atom. The van der Waals surface area contributed by atoms with Crippen LogP contribution < -0.4 is 5.32 Å². The monoisotopic (exact) mass is 340 g/mol. The zero-order valence-electron chi connectivity index (χ0n) is 14.7. The molecule has 5 heteroatoms. The first-order chi connectivity index (χ1) is 12.0. The van der Waals surface area contributed by atoms with Gasteiger partial charge in [-0.15, -0.1) is 0 Å². The molecule has 3 amide bonds. The van der Waals surface area contributed by atoms with Crippen LogP contribution in [0.3, 0.4) is 0 Å². The predicted octanol–water partition coefficient (Wildman–Crippen LogP) is 2.97. The fraction of sp³-hybridized carbons (Fsp3) is 0.450. The highest BCUT2D eigenvalue weighted by atomic mass is 16.2. The molecule has 1 aromatic rings. The SMILES string of the molecule is Cc1ccc(NC(=O)CCCN2C(=O)[C@H]3CC=CC[C@@H]3C2=O)cc1C. The number of anilines is 1. The van der Waals surface area contributed by atoms with Crippen LogP contribution in [0.2, 0.25) is 0 Å². The second-order valence-corrected chi connectivity index (χ2v) is 6.93. The number of fused-ring (bicyclic) bond motifs is 1. The van der Waals surface area contributed by atoms with E-state index >= 15 is 0 Å². The van der Waals surface area contributed by atoms with Gasteiger partial charge < -0.3 is 5.32 Å². The minimum Gasteiger partial charge on any atom is -0.326 e. The van der Waals surface area contributed by atoms with Crippen molar-refractivity contribution < 1.29 is 14.4 Å². The summed E-state index contributed by atoms with van der Waals surface area (Å²) in [6, 6.07) is 5.80. The number of allylic oxidation sites excluding steroid dienone is 2. The Morgan fingerprint density at radius 3 is 2.32 bits per heavy atom. The molecule has 132 valence electrons. The molecule has 0 spiro atoms. The minimum absolute atomic E-state index is 0.0751. The van der Waals surface area contributed by atoms with Crippen molar-refractivity contribution in [3.05, 3.63) is 41.5 Å². The highest BCUT2D eigenvalue weighted by molar-refractivity contribution is 6.05. The zero-order chi connectivity index (χ0) is 18.0. The van der Waals surface area contributed by atoms with Gasteiger partial charge in [-0.1, -0.05) is 18.2 Å². The van der Waals surface area contributed by atoms with Gasteiger partial charge in [0.25, 0.3) is 0 Å². The van der Waals surface area contributed by atoms with Gasteiger partial charge in [0, 0.05) is 18.7 Å². The molecule has 1 aliphatic heterocycles. The van der Waals surface area contributed by atoms with Crippen LogP contribution >= 0.6 is 0 Å². The number of amides is 3. The van der Waals surface area contributed by atoms with Gasteiger partial charge in [0.1, 0.15) is 0 Å². The molecule has 5 nitrogen and oxygen atoms in total. The van der Waals surface area contributed by atoms with Gasteiger partial charge in [-0.3, -0.25) is 19.3 Å². The van der Waals surface area contributed by atoms with Gasteiger partial charge in [-0.2, -0.15) is 0 Å². The van der Waals surface area contributed by atoms with E-state index < -0.39 is 0 Å². The van der Waals surface area contributed by atoms with E-state index in [2.05, 4.69) is 5.32 Å². The second kappa shape index (κ2) is 7.21. The molecule has 0 bridgehead atoms. The van der Waals surface area contributed by atoms with E-state index in [4.69, 9.17) is 0 Å². The summed E-state index contributed by atoms with van der Waals surface area (Å²) in [5, 5.41) is 2.87. The topological polar surface area (TPSA) is 66.5 Å². The van der Waals surface area contributed by atoms with Crippen molar-refractivity contribution in [1.29, 1.82) is 0 Å². The number of hydrogen-bond donors (Lipinski definition) is 1. The van der Waals surface area contributed by atoms with E-state index in [0.29, 0.717) is 25.8 Å². The lowest BCUT2D eigenvalue weighted by Crippen LogP contribution is -2.32. The number of carbonyl (C=O) groups is 3.